The molecule has 2 aromatic carbocycles. The zero-order chi connectivity index (χ0) is 17.3. The summed E-state index contributed by atoms with van der Waals surface area (Å²) in [6, 6.07) is 13.8. The van der Waals surface area contributed by atoms with Gasteiger partial charge in [-0.1, -0.05) is 43.3 Å². The third kappa shape index (κ3) is 2.67. The van der Waals surface area contributed by atoms with Crippen molar-refractivity contribution in [3.8, 4) is 0 Å². The number of rotatable bonds is 4. The highest BCUT2D eigenvalue weighted by Crippen LogP contribution is 2.38. The van der Waals surface area contributed by atoms with Gasteiger partial charge in [0.25, 0.3) is 10.0 Å². The van der Waals surface area contributed by atoms with Crippen LogP contribution in [-0.2, 0) is 21.2 Å². The third-order valence-electron chi connectivity index (χ3n) is 4.42. The first-order chi connectivity index (χ1) is 11.5. The van der Waals surface area contributed by atoms with Gasteiger partial charge in [-0.15, -0.1) is 0 Å². The number of anilines is 1. The lowest BCUT2D eigenvalue weighted by Crippen LogP contribution is -2.38. The van der Waals surface area contributed by atoms with Gasteiger partial charge in [0.1, 0.15) is 0 Å². The molecule has 0 aliphatic carbocycles. The van der Waals surface area contributed by atoms with E-state index in [1.807, 2.05) is 19.1 Å². The summed E-state index contributed by atoms with van der Waals surface area (Å²) in [6.45, 7) is 2.08. The largest absolute Gasteiger partial charge is 0.481 e. The lowest BCUT2D eigenvalue weighted by atomic mass is 9.91. The molecule has 1 aliphatic rings. The highest BCUT2D eigenvalue weighted by atomic mass is 32.2. The number of para-hydroxylation sites is 1. The van der Waals surface area contributed by atoms with Gasteiger partial charge in [-0.3, -0.25) is 9.10 Å². The molecular formula is C18H19NO4S. The molecule has 0 amide bonds. The molecule has 2 aromatic rings. The second-order valence-corrected chi connectivity index (χ2v) is 7.61. The number of carbonyl (C=O) groups is 1. The van der Waals surface area contributed by atoms with Crippen LogP contribution in [-0.4, -0.2) is 26.0 Å². The quantitative estimate of drug-likeness (QED) is 0.924. The fourth-order valence-electron chi connectivity index (χ4n) is 3.20. The Morgan fingerprint density at radius 1 is 1.17 bits per heavy atom. The van der Waals surface area contributed by atoms with Crippen LogP contribution in [0.1, 0.15) is 30.4 Å². The van der Waals surface area contributed by atoms with Gasteiger partial charge in [0, 0.05) is 6.54 Å². The van der Waals surface area contributed by atoms with Crippen molar-refractivity contribution in [2.24, 2.45) is 0 Å². The molecule has 0 saturated heterocycles. The number of nitrogens with zero attached hydrogens (tertiary/aromatic N) is 1. The molecule has 0 saturated carbocycles. The number of carboxylic acid groups (broad SMARTS) is 1. The van der Waals surface area contributed by atoms with E-state index in [9.17, 15) is 18.3 Å². The normalized spacial score (nSPS) is 17.4. The number of hydrogen-bond donors (Lipinski definition) is 1. The molecule has 3 rings (SSSR count). The van der Waals surface area contributed by atoms with E-state index in [1.54, 1.807) is 36.4 Å². The Balaban J connectivity index is 2.13. The lowest BCUT2D eigenvalue weighted by molar-refractivity contribution is -0.139. The molecule has 5 nitrogen and oxygen atoms in total. The van der Waals surface area contributed by atoms with Crippen LogP contribution in [0.5, 0.6) is 0 Å². The van der Waals surface area contributed by atoms with Gasteiger partial charge < -0.3 is 5.11 Å². The topological polar surface area (TPSA) is 74.7 Å². The fourth-order valence-corrected chi connectivity index (χ4v) is 5.01. The average Bonchev–Trinajstić information content (AvgIpc) is 2.60. The maximum absolute atomic E-state index is 13.2. The minimum atomic E-state index is -3.73. The number of hydrogen-bond acceptors (Lipinski definition) is 3. The smallest absolute Gasteiger partial charge is 0.311 e. The van der Waals surface area contributed by atoms with E-state index in [4.69, 9.17) is 0 Å². The van der Waals surface area contributed by atoms with E-state index in [-0.39, 0.29) is 17.9 Å². The van der Waals surface area contributed by atoms with Crippen molar-refractivity contribution < 1.29 is 18.3 Å². The second-order valence-electron chi connectivity index (χ2n) is 5.78. The molecule has 1 atom stereocenters. The van der Waals surface area contributed by atoms with E-state index in [2.05, 4.69) is 0 Å². The van der Waals surface area contributed by atoms with Crippen molar-refractivity contribution in [2.45, 2.75) is 30.6 Å². The van der Waals surface area contributed by atoms with Crippen molar-refractivity contribution in [3.63, 3.8) is 0 Å². The molecule has 0 radical (unpaired) electrons. The molecule has 0 bridgehead atoms. The Morgan fingerprint density at radius 2 is 1.83 bits per heavy atom. The number of aliphatic carboxylic acids is 1. The third-order valence-corrected chi connectivity index (χ3v) is 6.34. The van der Waals surface area contributed by atoms with Crippen molar-refractivity contribution in [3.05, 3.63) is 59.7 Å². The van der Waals surface area contributed by atoms with Crippen LogP contribution in [0.4, 0.5) is 5.69 Å². The van der Waals surface area contributed by atoms with Gasteiger partial charge in [0.2, 0.25) is 0 Å². The highest BCUT2D eigenvalue weighted by molar-refractivity contribution is 7.92. The van der Waals surface area contributed by atoms with Gasteiger partial charge in [-0.05, 0) is 36.1 Å². The molecule has 1 N–H and O–H groups in total. The minimum absolute atomic E-state index is 0.161. The molecule has 0 spiro atoms. The van der Waals surface area contributed by atoms with Crippen LogP contribution < -0.4 is 4.31 Å². The van der Waals surface area contributed by atoms with Crippen LogP contribution in [0.2, 0.25) is 0 Å². The maximum atomic E-state index is 13.2. The SMILES string of the molecule is CCc1ccccc1S(=O)(=O)N1CCC(C(=O)O)c2ccccc21. The molecule has 1 aliphatic heterocycles. The summed E-state index contributed by atoms with van der Waals surface area (Å²) in [5.41, 5.74) is 1.77. The first-order valence-electron chi connectivity index (χ1n) is 7.89. The summed E-state index contributed by atoms with van der Waals surface area (Å²) < 4.78 is 27.7. The maximum Gasteiger partial charge on any atom is 0.311 e. The summed E-state index contributed by atoms with van der Waals surface area (Å²) in [6.07, 6.45) is 0.877. The molecule has 126 valence electrons. The standard InChI is InChI=1S/C18H19NO4S/c1-2-13-7-3-6-10-17(13)24(22,23)19-12-11-15(18(20)21)14-8-4-5-9-16(14)19/h3-10,15H,2,11-12H2,1H3,(H,20,21). The summed E-state index contributed by atoms with van der Waals surface area (Å²) in [5.74, 6) is -1.59. The highest BCUT2D eigenvalue weighted by Gasteiger charge is 2.36. The number of fused-ring (bicyclic) bond motifs is 1. The Kier molecular flexibility index (Phi) is 4.32. The number of sulfonamides is 1. The Morgan fingerprint density at radius 3 is 2.54 bits per heavy atom. The fraction of sp³-hybridized carbons (Fsp3) is 0.278. The van der Waals surface area contributed by atoms with Crippen LogP contribution in [0.3, 0.4) is 0 Å². The zero-order valence-corrected chi connectivity index (χ0v) is 14.2. The van der Waals surface area contributed by atoms with Crippen molar-refractivity contribution in [1.82, 2.24) is 0 Å². The second kappa shape index (κ2) is 6.28. The van der Waals surface area contributed by atoms with E-state index in [0.717, 1.165) is 5.56 Å². The monoisotopic (exact) mass is 345 g/mol. The molecule has 6 heteroatoms. The van der Waals surface area contributed by atoms with E-state index in [1.165, 1.54) is 4.31 Å². The van der Waals surface area contributed by atoms with Crippen molar-refractivity contribution >= 4 is 21.7 Å². The number of aryl methyl sites for hydroxylation is 1. The lowest BCUT2D eigenvalue weighted by Gasteiger charge is -2.33. The first-order valence-corrected chi connectivity index (χ1v) is 9.33. The minimum Gasteiger partial charge on any atom is -0.481 e. The Labute approximate surface area is 141 Å². The molecular weight excluding hydrogens is 326 g/mol. The molecule has 24 heavy (non-hydrogen) atoms. The number of carboxylic acids is 1. The summed E-state index contributed by atoms with van der Waals surface area (Å²) >= 11 is 0. The number of benzene rings is 2. The Hall–Kier alpha value is -2.34. The van der Waals surface area contributed by atoms with Crippen molar-refractivity contribution in [1.29, 1.82) is 0 Å². The molecule has 1 unspecified atom stereocenters. The Bertz CT molecular complexity index is 876. The summed E-state index contributed by atoms with van der Waals surface area (Å²) in [7, 11) is -3.73. The van der Waals surface area contributed by atoms with Gasteiger partial charge in [0.05, 0.1) is 16.5 Å². The van der Waals surface area contributed by atoms with E-state index in [0.29, 0.717) is 17.7 Å². The van der Waals surface area contributed by atoms with Crippen LogP contribution in [0.25, 0.3) is 0 Å². The van der Waals surface area contributed by atoms with Gasteiger partial charge >= 0.3 is 5.97 Å². The summed E-state index contributed by atoms with van der Waals surface area (Å²) in [5, 5.41) is 9.41. The molecule has 0 fully saturated rings. The van der Waals surface area contributed by atoms with Gasteiger partial charge in [0.15, 0.2) is 0 Å². The van der Waals surface area contributed by atoms with Gasteiger partial charge in [-0.25, -0.2) is 8.42 Å². The first kappa shape index (κ1) is 16.5. The van der Waals surface area contributed by atoms with Crippen molar-refractivity contribution in [2.75, 3.05) is 10.8 Å². The molecule has 1 heterocycles. The predicted molar refractivity (Wildman–Crippen MR) is 91.8 cm³/mol. The van der Waals surface area contributed by atoms with E-state index >= 15 is 0 Å². The van der Waals surface area contributed by atoms with Crippen LogP contribution in [0.15, 0.2) is 53.4 Å². The summed E-state index contributed by atoms with van der Waals surface area (Å²) in [4.78, 5) is 11.8. The average molecular weight is 345 g/mol. The van der Waals surface area contributed by atoms with E-state index < -0.39 is 21.9 Å². The zero-order valence-electron chi connectivity index (χ0n) is 13.3. The molecule has 0 aromatic heterocycles. The van der Waals surface area contributed by atoms with Gasteiger partial charge in [-0.2, -0.15) is 0 Å². The van der Waals surface area contributed by atoms with Crippen LogP contribution in [0, 0.1) is 0 Å². The van der Waals surface area contributed by atoms with Crippen LogP contribution >= 0.6 is 0 Å². The predicted octanol–water partition coefficient (Wildman–Crippen LogP) is 3.02.